The highest BCUT2D eigenvalue weighted by Crippen LogP contribution is 2.34. The Morgan fingerprint density at radius 2 is 2.16 bits per heavy atom. The van der Waals surface area contributed by atoms with Crippen molar-refractivity contribution in [2.24, 2.45) is 0 Å². The molecule has 7 nitrogen and oxygen atoms in total. The van der Waals surface area contributed by atoms with Crippen molar-refractivity contribution in [3.63, 3.8) is 0 Å². The zero-order chi connectivity index (χ0) is 14.6. The van der Waals surface area contributed by atoms with Crippen LogP contribution in [-0.2, 0) is 4.74 Å². The van der Waals surface area contributed by atoms with Gasteiger partial charge in [-0.15, -0.1) is 0 Å². The van der Waals surface area contributed by atoms with Gasteiger partial charge in [-0.2, -0.15) is 14.0 Å². The second-order valence-electron chi connectivity index (χ2n) is 3.07. The highest BCUT2D eigenvalue weighted by Gasteiger charge is 2.31. The predicted octanol–water partition coefficient (Wildman–Crippen LogP) is 1.85. The molecule has 0 saturated carbocycles. The molecule has 0 spiro atoms. The lowest BCUT2D eigenvalue weighted by molar-refractivity contribution is -0.386. The summed E-state index contributed by atoms with van der Waals surface area (Å²) in [6.45, 7) is -3.31. The Balaban J connectivity index is 3.59. The number of carbonyl (C=O) groups is 1. The molecule has 0 aliphatic heterocycles. The molecule has 0 bridgehead atoms. The third kappa shape index (κ3) is 2.92. The molecule has 0 aliphatic carbocycles. The van der Waals surface area contributed by atoms with Gasteiger partial charge < -0.3 is 9.47 Å². The van der Waals surface area contributed by atoms with E-state index in [1.54, 1.807) is 0 Å². The van der Waals surface area contributed by atoms with E-state index in [-0.39, 0.29) is 5.56 Å². The van der Waals surface area contributed by atoms with E-state index in [2.05, 4.69) is 9.47 Å². The van der Waals surface area contributed by atoms with Crippen molar-refractivity contribution in [1.29, 1.82) is 5.26 Å². The summed E-state index contributed by atoms with van der Waals surface area (Å²) in [6, 6.07) is 3.31. The molecular weight excluding hydrogens is 266 g/mol. The second kappa shape index (κ2) is 5.72. The summed E-state index contributed by atoms with van der Waals surface area (Å²) in [5.41, 5.74) is -2.14. The summed E-state index contributed by atoms with van der Waals surface area (Å²) in [6.07, 6.45) is 0. The van der Waals surface area contributed by atoms with Crippen LogP contribution in [0.3, 0.4) is 0 Å². The average molecular weight is 272 g/mol. The Labute approximate surface area is 105 Å². The number of alkyl halides is 2. The fourth-order valence-corrected chi connectivity index (χ4v) is 1.35. The van der Waals surface area contributed by atoms with Gasteiger partial charge in [-0.1, -0.05) is 0 Å². The van der Waals surface area contributed by atoms with Crippen molar-refractivity contribution in [2.75, 3.05) is 7.11 Å². The van der Waals surface area contributed by atoms with Gasteiger partial charge in [0.15, 0.2) is 5.56 Å². The maximum atomic E-state index is 12.1. The van der Waals surface area contributed by atoms with Crippen LogP contribution < -0.4 is 4.74 Å². The Hall–Kier alpha value is -2.76. The van der Waals surface area contributed by atoms with E-state index in [9.17, 15) is 23.7 Å². The van der Waals surface area contributed by atoms with E-state index < -0.39 is 34.5 Å². The maximum absolute atomic E-state index is 12.1. The molecule has 0 unspecified atom stereocenters. The lowest BCUT2D eigenvalue weighted by Crippen LogP contribution is -2.12. The summed E-state index contributed by atoms with van der Waals surface area (Å²) in [5, 5.41) is 19.6. The van der Waals surface area contributed by atoms with Crippen molar-refractivity contribution in [2.45, 2.75) is 6.61 Å². The van der Waals surface area contributed by atoms with E-state index in [1.165, 1.54) is 6.07 Å². The number of esters is 1. The largest absolute Gasteiger partial charge is 0.465 e. The maximum Gasteiger partial charge on any atom is 0.387 e. The van der Waals surface area contributed by atoms with E-state index in [0.717, 1.165) is 19.2 Å². The third-order valence-corrected chi connectivity index (χ3v) is 2.05. The SMILES string of the molecule is COC(=O)c1c(C#N)ccc(OC(F)F)c1[N+](=O)[O-]. The number of ether oxygens (including phenoxy) is 2. The van der Waals surface area contributed by atoms with Crippen LogP contribution in [-0.4, -0.2) is 24.6 Å². The molecule has 0 radical (unpaired) electrons. The molecule has 9 heteroatoms. The number of halogens is 2. The summed E-state index contributed by atoms with van der Waals surface area (Å²) in [7, 11) is 0.938. The number of benzene rings is 1. The Morgan fingerprint density at radius 1 is 1.53 bits per heavy atom. The summed E-state index contributed by atoms with van der Waals surface area (Å²) < 4.78 is 32.5. The number of nitrogens with zero attached hydrogens (tertiary/aromatic N) is 2. The van der Waals surface area contributed by atoms with E-state index in [4.69, 9.17) is 5.26 Å². The highest BCUT2D eigenvalue weighted by atomic mass is 19.3. The second-order valence-corrected chi connectivity index (χ2v) is 3.07. The van der Waals surface area contributed by atoms with Crippen molar-refractivity contribution in [3.05, 3.63) is 33.4 Å². The Morgan fingerprint density at radius 3 is 2.58 bits per heavy atom. The number of rotatable bonds is 4. The van der Waals surface area contributed by atoms with Gasteiger partial charge in [-0.05, 0) is 12.1 Å². The van der Waals surface area contributed by atoms with Gasteiger partial charge in [-0.3, -0.25) is 10.1 Å². The molecule has 100 valence electrons. The van der Waals surface area contributed by atoms with E-state index in [0.29, 0.717) is 0 Å². The monoisotopic (exact) mass is 272 g/mol. The van der Waals surface area contributed by atoms with Gasteiger partial charge in [0.05, 0.1) is 17.6 Å². The zero-order valence-electron chi connectivity index (χ0n) is 9.42. The van der Waals surface area contributed by atoms with Crippen molar-refractivity contribution >= 4 is 11.7 Å². The molecule has 0 N–H and O–H groups in total. The molecule has 1 rings (SSSR count). The van der Waals surface area contributed by atoms with Crippen LogP contribution >= 0.6 is 0 Å². The number of nitro benzene ring substituents is 1. The Bertz CT molecular complexity index is 568. The number of hydrogen-bond acceptors (Lipinski definition) is 6. The smallest absolute Gasteiger partial charge is 0.387 e. The van der Waals surface area contributed by atoms with Crippen LogP contribution in [0, 0.1) is 21.4 Å². The normalized spacial score (nSPS) is 9.84. The average Bonchev–Trinajstić information content (AvgIpc) is 2.36. The lowest BCUT2D eigenvalue weighted by Gasteiger charge is -2.09. The molecule has 0 aromatic heterocycles. The number of carbonyl (C=O) groups excluding carboxylic acids is 1. The zero-order valence-corrected chi connectivity index (χ0v) is 9.42. The molecule has 1 aromatic carbocycles. The minimum Gasteiger partial charge on any atom is -0.465 e. The number of nitro groups is 1. The van der Waals surface area contributed by atoms with Crippen LogP contribution in [0.2, 0.25) is 0 Å². The van der Waals surface area contributed by atoms with Crippen molar-refractivity contribution in [1.82, 2.24) is 0 Å². The topological polar surface area (TPSA) is 102 Å². The van der Waals surface area contributed by atoms with Gasteiger partial charge in [0.1, 0.15) is 6.07 Å². The molecule has 0 fully saturated rings. The summed E-state index contributed by atoms with van der Waals surface area (Å²) in [5.74, 6) is -2.01. The number of methoxy groups -OCH3 is 1. The first-order valence-electron chi connectivity index (χ1n) is 4.67. The van der Waals surface area contributed by atoms with Crippen LogP contribution in [0.15, 0.2) is 12.1 Å². The first-order chi connectivity index (χ1) is 8.92. The molecule has 0 heterocycles. The minimum absolute atomic E-state index is 0.375. The molecule has 0 aliphatic rings. The molecule has 0 amide bonds. The van der Waals surface area contributed by atoms with Gasteiger partial charge in [0, 0.05) is 0 Å². The standard InChI is InChI=1S/C10H6F2N2O5/c1-18-9(15)7-5(4-13)2-3-6(19-10(11)12)8(7)14(16)17/h2-3,10H,1H3. The lowest BCUT2D eigenvalue weighted by atomic mass is 10.1. The first kappa shape index (κ1) is 14.3. The summed E-state index contributed by atoms with van der Waals surface area (Å²) in [4.78, 5) is 21.2. The van der Waals surface area contributed by atoms with E-state index >= 15 is 0 Å². The predicted molar refractivity (Wildman–Crippen MR) is 55.8 cm³/mol. The number of nitriles is 1. The first-order valence-corrected chi connectivity index (χ1v) is 4.67. The van der Waals surface area contributed by atoms with Crippen LogP contribution in [0.1, 0.15) is 15.9 Å². The van der Waals surface area contributed by atoms with Crippen LogP contribution in [0.25, 0.3) is 0 Å². The van der Waals surface area contributed by atoms with Gasteiger partial charge >= 0.3 is 18.3 Å². The van der Waals surface area contributed by atoms with Crippen LogP contribution in [0.5, 0.6) is 5.75 Å². The van der Waals surface area contributed by atoms with Gasteiger partial charge in [0.2, 0.25) is 5.75 Å². The number of hydrogen-bond donors (Lipinski definition) is 0. The molecule has 19 heavy (non-hydrogen) atoms. The van der Waals surface area contributed by atoms with Gasteiger partial charge in [-0.25, -0.2) is 4.79 Å². The highest BCUT2D eigenvalue weighted by molar-refractivity contribution is 5.97. The fraction of sp³-hybridized carbons (Fsp3) is 0.200. The molecule has 0 atom stereocenters. The molecule has 1 aromatic rings. The molecule has 0 saturated heterocycles. The third-order valence-electron chi connectivity index (χ3n) is 2.05. The van der Waals surface area contributed by atoms with Crippen molar-refractivity contribution < 1.29 is 28.0 Å². The van der Waals surface area contributed by atoms with Crippen molar-refractivity contribution in [3.8, 4) is 11.8 Å². The van der Waals surface area contributed by atoms with E-state index in [1.807, 2.05) is 0 Å². The Kier molecular flexibility index (Phi) is 4.31. The van der Waals surface area contributed by atoms with Crippen LogP contribution in [0.4, 0.5) is 14.5 Å². The van der Waals surface area contributed by atoms with Gasteiger partial charge in [0.25, 0.3) is 0 Å². The minimum atomic E-state index is -3.31. The fourth-order valence-electron chi connectivity index (χ4n) is 1.35. The summed E-state index contributed by atoms with van der Waals surface area (Å²) >= 11 is 0. The molecular formula is C10H6F2N2O5. The quantitative estimate of drug-likeness (QED) is 0.470.